The van der Waals surface area contributed by atoms with Crippen molar-refractivity contribution in [2.24, 2.45) is 0 Å². The third kappa shape index (κ3) is 5.79. The van der Waals surface area contributed by atoms with E-state index in [1.54, 1.807) is 36.6 Å². The van der Waals surface area contributed by atoms with Crippen molar-refractivity contribution in [1.82, 2.24) is 4.98 Å². The van der Waals surface area contributed by atoms with Gasteiger partial charge in [0.1, 0.15) is 23.3 Å². The van der Waals surface area contributed by atoms with E-state index in [1.165, 1.54) is 42.5 Å². The van der Waals surface area contributed by atoms with Crippen molar-refractivity contribution in [2.45, 2.75) is 9.79 Å². The number of pyridine rings is 1. The van der Waals surface area contributed by atoms with Gasteiger partial charge in [0.15, 0.2) is 10.6 Å². The lowest BCUT2D eigenvalue weighted by molar-refractivity contribution is -0.384. The number of nitro groups is 1. The first kappa shape index (κ1) is 26.8. The van der Waals surface area contributed by atoms with E-state index < -0.39 is 34.1 Å². The smallest absolute Gasteiger partial charge is 0.497 e. The van der Waals surface area contributed by atoms with Gasteiger partial charge in [0.25, 0.3) is 5.69 Å². The number of hydrogen-bond donors (Lipinski definition) is 1. The number of aromatic nitrogens is 1. The number of nitro benzene ring substituents is 1. The van der Waals surface area contributed by atoms with Crippen LogP contribution in [0.5, 0.6) is 11.5 Å². The lowest BCUT2D eigenvalue weighted by Gasteiger charge is -2.19. The first-order valence-corrected chi connectivity index (χ1v) is 15.8. The summed E-state index contributed by atoms with van der Waals surface area (Å²) >= 11 is -0.624. The van der Waals surface area contributed by atoms with Crippen LogP contribution in [0, 0.1) is 15.9 Å². The molecule has 0 saturated heterocycles. The minimum atomic E-state index is -4.24. The molecule has 0 radical (unpaired) electrons. The molecule has 9 nitrogen and oxygen atoms in total. The maximum absolute atomic E-state index is 14.0. The van der Waals surface area contributed by atoms with E-state index in [-0.39, 0.29) is 22.7 Å². The van der Waals surface area contributed by atoms with Crippen LogP contribution in [0.3, 0.4) is 0 Å². The second-order valence-corrected chi connectivity index (χ2v) is 13.4. The summed E-state index contributed by atoms with van der Waals surface area (Å²) in [5, 5.41) is 11.6. The van der Waals surface area contributed by atoms with Gasteiger partial charge in [-0.3, -0.25) is 14.9 Å². The third-order valence-corrected chi connectivity index (χ3v) is 9.86. The molecule has 0 fully saturated rings. The zero-order valence-electron chi connectivity index (χ0n) is 20.0. The van der Waals surface area contributed by atoms with E-state index in [1.807, 2.05) is 0 Å². The Labute approximate surface area is 227 Å². The predicted octanol–water partition coefficient (Wildman–Crippen LogP) is 6.78. The Bertz CT molecular complexity index is 1760. The molecule has 0 saturated carbocycles. The van der Waals surface area contributed by atoms with Gasteiger partial charge < -0.3 is 18.6 Å². The lowest BCUT2D eigenvalue weighted by Crippen LogP contribution is -2.12. The Morgan fingerprint density at radius 2 is 1.72 bits per heavy atom. The highest BCUT2D eigenvalue weighted by Crippen LogP contribution is 2.62. The number of aromatic amines is 1. The summed E-state index contributed by atoms with van der Waals surface area (Å²) in [6.07, 6.45) is 1.56. The molecule has 2 atom stereocenters. The Morgan fingerprint density at radius 1 is 1.00 bits per heavy atom. The maximum atomic E-state index is 14.0. The van der Waals surface area contributed by atoms with Gasteiger partial charge in [0, 0.05) is 39.4 Å². The molecule has 2 aliphatic rings. The summed E-state index contributed by atoms with van der Waals surface area (Å²) in [6.45, 7) is -4.24. The zero-order chi connectivity index (χ0) is 27.7. The van der Waals surface area contributed by atoms with Crippen molar-refractivity contribution < 1.29 is 27.5 Å². The number of fused-ring (bicyclic) bond motifs is 2. The van der Waals surface area contributed by atoms with Crippen molar-refractivity contribution in [2.75, 3.05) is 6.26 Å². The van der Waals surface area contributed by atoms with Crippen LogP contribution in [0.4, 0.5) is 10.1 Å². The Morgan fingerprint density at radius 3 is 2.38 bits per heavy atom. The fraction of sp³-hybridized carbons (Fsp3) is 0.0385. The number of non-ortho nitro benzene ring substituents is 1. The second-order valence-electron chi connectivity index (χ2n) is 8.22. The van der Waals surface area contributed by atoms with E-state index in [2.05, 4.69) is 4.98 Å². The molecule has 0 spiro atoms. The van der Waals surface area contributed by atoms with Gasteiger partial charge in [-0.25, -0.2) is 8.96 Å². The van der Waals surface area contributed by atoms with Gasteiger partial charge >= 0.3 is 6.80 Å². The molecule has 1 N–H and O–H groups in total. The molecule has 198 valence electrons. The van der Waals surface area contributed by atoms with E-state index in [0.717, 1.165) is 12.1 Å². The summed E-state index contributed by atoms with van der Waals surface area (Å²) in [7, 11) is 0. The van der Waals surface area contributed by atoms with Gasteiger partial charge in [-0.05, 0) is 71.8 Å². The molecular weight excluding hydrogens is 566 g/mol. The number of halogens is 1. The van der Waals surface area contributed by atoms with E-state index >= 15 is 0 Å². The Kier molecular flexibility index (Phi) is 7.37. The van der Waals surface area contributed by atoms with Gasteiger partial charge in [0.2, 0.25) is 5.43 Å². The van der Waals surface area contributed by atoms with Gasteiger partial charge in [0.05, 0.1) is 10.6 Å². The van der Waals surface area contributed by atoms with E-state index in [0.29, 0.717) is 37.8 Å². The minimum absolute atomic E-state index is 0.0295. The van der Waals surface area contributed by atoms with Gasteiger partial charge in [-0.2, -0.15) is 0 Å². The van der Waals surface area contributed by atoms with Crippen molar-refractivity contribution in [3.8, 4) is 22.8 Å². The van der Waals surface area contributed by atoms with Crippen LogP contribution in [0.1, 0.15) is 0 Å². The zero-order valence-corrected chi connectivity index (χ0v) is 22.6. The standard InChI is InChI=1S/C26H18FN2O7PS2/c1-39(34)24-4-2-3-16-15-21-22(28-25(16)24)13-14-23(26(21)30)36-37(33,35-19-9-5-17(27)6-10-19)38-20-11-7-18(8-12-20)29(31)32/h2-15,28H,1H3. The minimum Gasteiger partial charge on any atom is -0.612 e. The summed E-state index contributed by atoms with van der Waals surface area (Å²) in [6, 6.07) is 19.7. The van der Waals surface area contributed by atoms with E-state index in [4.69, 9.17) is 9.05 Å². The van der Waals surface area contributed by atoms with Crippen LogP contribution in [0.25, 0.3) is 22.2 Å². The van der Waals surface area contributed by atoms with Crippen LogP contribution in [0.15, 0.2) is 99.5 Å². The van der Waals surface area contributed by atoms with Gasteiger partial charge in [-0.1, -0.05) is 12.1 Å². The van der Waals surface area contributed by atoms with E-state index in [9.17, 15) is 28.4 Å². The molecule has 0 bridgehead atoms. The maximum Gasteiger partial charge on any atom is 0.497 e. The van der Waals surface area contributed by atoms with Crippen LogP contribution in [0.2, 0.25) is 0 Å². The quantitative estimate of drug-likeness (QED) is 0.0694. The molecule has 3 aromatic carbocycles. The number of benzene rings is 4. The molecule has 13 heteroatoms. The fourth-order valence-electron chi connectivity index (χ4n) is 3.79. The summed E-state index contributed by atoms with van der Waals surface area (Å²) < 4.78 is 50.9. The SMILES string of the molecule is C[S+]([O-])c1cccc2cc3c(=O)c(OP(=O)(Oc4ccc(F)cc4)Sc4ccc([N+](=O)[O-])cc4)ccc-3[nH]c12. The summed E-state index contributed by atoms with van der Waals surface area (Å²) in [4.78, 5) is 27.9. The summed E-state index contributed by atoms with van der Waals surface area (Å²) in [5.41, 5.74) is 0.589. The van der Waals surface area contributed by atoms with Crippen LogP contribution in [-0.4, -0.2) is 20.7 Å². The first-order valence-electron chi connectivity index (χ1n) is 11.2. The second kappa shape index (κ2) is 10.7. The number of rotatable bonds is 8. The highest BCUT2D eigenvalue weighted by Gasteiger charge is 2.33. The monoisotopic (exact) mass is 584 g/mol. The average molecular weight is 585 g/mol. The topological polar surface area (TPSA) is 135 Å². The summed E-state index contributed by atoms with van der Waals surface area (Å²) in [5.74, 6) is -0.761. The Hall–Kier alpha value is -3.83. The molecular formula is C26H18FN2O7PS2. The normalized spacial score (nSPS) is 13.6. The largest absolute Gasteiger partial charge is 0.612 e. The molecule has 3 aromatic rings. The van der Waals surface area contributed by atoms with Crippen molar-refractivity contribution >= 4 is 45.9 Å². The van der Waals surface area contributed by atoms with Crippen molar-refractivity contribution in [3.63, 3.8) is 0 Å². The molecule has 2 unspecified atom stereocenters. The highest BCUT2D eigenvalue weighted by molar-refractivity contribution is 8.55. The highest BCUT2D eigenvalue weighted by atomic mass is 32.7. The predicted molar refractivity (Wildman–Crippen MR) is 148 cm³/mol. The number of para-hydroxylation sites is 1. The van der Waals surface area contributed by atoms with Crippen LogP contribution < -0.4 is 14.5 Å². The molecule has 1 aliphatic carbocycles. The number of nitrogens with one attached hydrogen (secondary N) is 1. The van der Waals surface area contributed by atoms with Crippen LogP contribution >= 0.6 is 18.2 Å². The van der Waals surface area contributed by atoms with Gasteiger partial charge in [-0.15, -0.1) is 0 Å². The molecule has 1 heterocycles. The average Bonchev–Trinajstić information content (AvgIpc) is 2.90. The lowest BCUT2D eigenvalue weighted by atomic mass is 10.1. The molecule has 0 aromatic heterocycles. The number of H-pyrrole nitrogens is 1. The van der Waals surface area contributed by atoms with Crippen molar-refractivity contribution in [3.05, 3.63) is 111 Å². The third-order valence-electron chi connectivity index (χ3n) is 5.59. The fourth-order valence-corrected chi connectivity index (χ4v) is 7.78. The van der Waals surface area contributed by atoms with Crippen molar-refractivity contribution in [1.29, 1.82) is 0 Å². The van der Waals surface area contributed by atoms with Crippen LogP contribution in [-0.2, 0) is 15.7 Å². The molecule has 5 rings (SSSR count). The molecule has 0 amide bonds. The molecule has 1 aliphatic heterocycles. The molecule has 39 heavy (non-hydrogen) atoms. The first-order chi connectivity index (χ1) is 18.6. The Balaban J connectivity index is 1.55. The number of hydrogen-bond acceptors (Lipinski definition) is 8. The number of nitrogens with zero attached hydrogens (tertiary/aromatic N) is 1.